The highest BCUT2D eigenvalue weighted by Gasteiger charge is 2.14. The second kappa shape index (κ2) is 7.18. The third kappa shape index (κ3) is 4.50. The summed E-state index contributed by atoms with van der Waals surface area (Å²) in [7, 11) is 4.27. The van der Waals surface area contributed by atoms with Crippen molar-refractivity contribution in [3.8, 4) is 0 Å². The van der Waals surface area contributed by atoms with Crippen molar-refractivity contribution in [3.05, 3.63) is 35.4 Å². The first kappa shape index (κ1) is 14.7. The predicted molar refractivity (Wildman–Crippen MR) is 66.7 cm³/mol. The van der Waals surface area contributed by atoms with Crippen molar-refractivity contribution in [2.75, 3.05) is 27.2 Å². The van der Waals surface area contributed by atoms with E-state index < -0.39 is 11.6 Å². The van der Waals surface area contributed by atoms with Crippen LogP contribution < -0.4 is 5.32 Å². The smallest absolute Gasteiger partial charge is 0.153 e. The van der Waals surface area contributed by atoms with E-state index in [4.69, 9.17) is 0 Å². The molecule has 1 aliphatic rings. The largest absolute Gasteiger partial charge is 0.315 e. The molecule has 100 valence electrons. The molecule has 1 aliphatic heterocycles. The van der Waals surface area contributed by atoms with Crippen LogP contribution in [0.4, 0.5) is 8.78 Å². The number of halogens is 2. The van der Waals surface area contributed by atoms with Crippen LogP contribution >= 0.6 is 0 Å². The van der Waals surface area contributed by atoms with E-state index in [-0.39, 0.29) is 11.8 Å². The van der Waals surface area contributed by atoms with Gasteiger partial charge in [-0.05, 0) is 45.3 Å². The summed E-state index contributed by atoms with van der Waals surface area (Å²) >= 11 is 0. The molecular weight excluding hydrogens is 238 g/mol. The second-order valence-electron chi connectivity index (χ2n) is 4.39. The molecule has 0 amide bonds. The predicted octanol–water partition coefficient (Wildman–Crippen LogP) is 1.69. The molecule has 18 heavy (non-hydrogen) atoms. The minimum absolute atomic E-state index is 0.250. The van der Waals surface area contributed by atoms with E-state index in [9.17, 15) is 13.6 Å². The summed E-state index contributed by atoms with van der Waals surface area (Å²) in [6.45, 7) is 2.37. The SMILES string of the molecule is CN(C)[C@H]1CCNC1.O=Cc1cc(F)ccc1F. The molecule has 1 heterocycles. The molecule has 0 spiro atoms. The van der Waals surface area contributed by atoms with Crippen LogP contribution in [0.1, 0.15) is 16.8 Å². The monoisotopic (exact) mass is 256 g/mol. The first-order valence-electron chi connectivity index (χ1n) is 5.82. The van der Waals surface area contributed by atoms with Crippen LogP contribution in [0.2, 0.25) is 0 Å². The fourth-order valence-corrected chi connectivity index (χ4v) is 1.69. The molecule has 1 aromatic rings. The van der Waals surface area contributed by atoms with Gasteiger partial charge in [0.25, 0.3) is 0 Å². The number of nitrogens with zero attached hydrogens (tertiary/aromatic N) is 1. The standard InChI is InChI=1S/C7H4F2O.C6H14N2/c8-6-1-2-7(9)5(3-6)4-10;1-8(2)6-3-4-7-5-6/h1-4H;6-7H,3-5H2,1-2H3/t;6-/m.0/s1. The third-order valence-corrected chi connectivity index (χ3v) is 2.85. The Morgan fingerprint density at radius 1 is 1.39 bits per heavy atom. The van der Waals surface area contributed by atoms with Gasteiger partial charge >= 0.3 is 0 Å². The molecule has 1 N–H and O–H groups in total. The van der Waals surface area contributed by atoms with Crippen LogP contribution in [0.15, 0.2) is 18.2 Å². The van der Waals surface area contributed by atoms with Gasteiger partial charge in [0, 0.05) is 12.6 Å². The Morgan fingerprint density at radius 3 is 2.50 bits per heavy atom. The van der Waals surface area contributed by atoms with Crippen molar-refractivity contribution in [1.29, 1.82) is 0 Å². The Bertz CT molecular complexity index is 391. The Kier molecular flexibility index (Phi) is 5.88. The van der Waals surface area contributed by atoms with E-state index in [1.807, 2.05) is 0 Å². The number of nitrogens with one attached hydrogen (secondary N) is 1. The Labute approximate surface area is 106 Å². The molecule has 0 aliphatic carbocycles. The summed E-state index contributed by atoms with van der Waals surface area (Å²) in [5.74, 6) is -1.31. The summed E-state index contributed by atoms with van der Waals surface area (Å²) in [6.07, 6.45) is 1.59. The highest BCUT2D eigenvalue weighted by molar-refractivity contribution is 5.74. The summed E-state index contributed by atoms with van der Waals surface area (Å²) in [5, 5.41) is 3.31. The van der Waals surface area contributed by atoms with Crippen molar-refractivity contribution in [3.63, 3.8) is 0 Å². The fraction of sp³-hybridized carbons (Fsp3) is 0.462. The average Bonchev–Trinajstić information content (AvgIpc) is 2.87. The van der Waals surface area contributed by atoms with Gasteiger partial charge in [0.05, 0.1) is 5.56 Å². The number of hydrogen-bond acceptors (Lipinski definition) is 3. The first-order chi connectivity index (χ1) is 8.54. The van der Waals surface area contributed by atoms with Crippen molar-refractivity contribution >= 4 is 6.29 Å². The van der Waals surface area contributed by atoms with Crippen LogP contribution in [0.3, 0.4) is 0 Å². The second-order valence-corrected chi connectivity index (χ2v) is 4.39. The first-order valence-corrected chi connectivity index (χ1v) is 5.82. The lowest BCUT2D eigenvalue weighted by molar-refractivity contribution is 0.111. The number of carbonyl (C=O) groups is 1. The van der Waals surface area contributed by atoms with E-state index in [0.29, 0.717) is 0 Å². The minimum atomic E-state index is -0.698. The van der Waals surface area contributed by atoms with Crippen LogP contribution in [-0.2, 0) is 0 Å². The molecular formula is C13H18F2N2O. The molecule has 0 aromatic heterocycles. The van der Waals surface area contributed by atoms with Crippen LogP contribution in [0, 0.1) is 11.6 Å². The molecule has 1 fully saturated rings. The third-order valence-electron chi connectivity index (χ3n) is 2.85. The molecule has 1 atom stereocenters. The highest BCUT2D eigenvalue weighted by atomic mass is 19.1. The molecule has 3 nitrogen and oxygen atoms in total. The summed E-state index contributed by atoms with van der Waals surface area (Å²) < 4.78 is 24.6. The topological polar surface area (TPSA) is 32.3 Å². The molecule has 5 heteroatoms. The zero-order valence-electron chi connectivity index (χ0n) is 10.6. The average molecular weight is 256 g/mol. The lowest BCUT2D eigenvalue weighted by Crippen LogP contribution is -2.29. The van der Waals surface area contributed by atoms with Crippen molar-refractivity contribution < 1.29 is 13.6 Å². The van der Waals surface area contributed by atoms with Crippen LogP contribution in [0.25, 0.3) is 0 Å². The zero-order chi connectivity index (χ0) is 13.5. The Hall–Kier alpha value is -1.33. The summed E-state index contributed by atoms with van der Waals surface area (Å²) in [6, 6.07) is 3.51. The van der Waals surface area contributed by atoms with Gasteiger partial charge in [0.15, 0.2) is 6.29 Å². The summed E-state index contributed by atoms with van der Waals surface area (Å²) in [5.41, 5.74) is -0.250. The number of aldehydes is 1. The quantitative estimate of drug-likeness (QED) is 0.817. The number of likely N-dealkylation sites (N-methyl/N-ethyl adjacent to an activating group) is 1. The van der Waals surface area contributed by atoms with Crippen molar-refractivity contribution in [2.24, 2.45) is 0 Å². The van der Waals surface area contributed by atoms with E-state index in [0.717, 1.165) is 24.2 Å². The molecule has 0 radical (unpaired) electrons. The van der Waals surface area contributed by atoms with Gasteiger partial charge in [-0.2, -0.15) is 0 Å². The van der Waals surface area contributed by atoms with Gasteiger partial charge in [-0.1, -0.05) is 0 Å². The number of rotatable bonds is 2. The molecule has 2 rings (SSSR count). The van der Waals surface area contributed by atoms with Crippen molar-refractivity contribution in [1.82, 2.24) is 10.2 Å². The van der Waals surface area contributed by atoms with Gasteiger partial charge in [-0.15, -0.1) is 0 Å². The Balaban J connectivity index is 0.000000184. The number of carbonyl (C=O) groups excluding carboxylic acids is 1. The van der Waals surface area contributed by atoms with Crippen LogP contribution in [-0.4, -0.2) is 44.4 Å². The van der Waals surface area contributed by atoms with E-state index in [1.54, 1.807) is 0 Å². The number of hydrogen-bond donors (Lipinski definition) is 1. The fourth-order valence-electron chi connectivity index (χ4n) is 1.69. The maximum Gasteiger partial charge on any atom is 0.153 e. The maximum absolute atomic E-state index is 12.4. The summed E-state index contributed by atoms with van der Waals surface area (Å²) in [4.78, 5) is 12.3. The minimum Gasteiger partial charge on any atom is -0.315 e. The highest BCUT2D eigenvalue weighted by Crippen LogP contribution is 2.06. The van der Waals surface area contributed by atoms with Gasteiger partial charge in [0.2, 0.25) is 0 Å². The maximum atomic E-state index is 12.4. The lowest BCUT2D eigenvalue weighted by atomic mass is 10.2. The van der Waals surface area contributed by atoms with Crippen LogP contribution in [0.5, 0.6) is 0 Å². The van der Waals surface area contributed by atoms with E-state index in [2.05, 4.69) is 24.3 Å². The van der Waals surface area contributed by atoms with Gasteiger partial charge in [-0.3, -0.25) is 4.79 Å². The zero-order valence-corrected chi connectivity index (χ0v) is 10.6. The van der Waals surface area contributed by atoms with E-state index >= 15 is 0 Å². The molecule has 0 unspecified atom stereocenters. The Morgan fingerprint density at radius 2 is 2.11 bits per heavy atom. The van der Waals surface area contributed by atoms with E-state index in [1.165, 1.54) is 19.5 Å². The van der Waals surface area contributed by atoms with Gasteiger partial charge in [0.1, 0.15) is 11.6 Å². The molecule has 1 aromatic carbocycles. The number of benzene rings is 1. The molecule has 0 saturated carbocycles. The normalized spacial score (nSPS) is 18.4. The lowest BCUT2D eigenvalue weighted by Gasteiger charge is -2.16. The van der Waals surface area contributed by atoms with Crippen molar-refractivity contribution in [2.45, 2.75) is 12.5 Å². The van der Waals surface area contributed by atoms with Gasteiger partial charge in [-0.25, -0.2) is 8.78 Å². The molecule has 1 saturated heterocycles. The van der Waals surface area contributed by atoms with Gasteiger partial charge < -0.3 is 10.2 Å². The molecule has 0 bridgehead atoms.